The van der Waals surface area contributed by atoms with Crippen LogP contribution in [0.1, 0.15) is 15.4 Å². The number of nitrogens with two attached hydrogens (primary N) is 1. The summed E-state index contributed by atoms with van der Waals surface area (Å²) >= 11 is 1.54. The number of rotatable bonds is 3. The first-order chi connectivity index (χ1) is 7.75. The summed E-state index contributed by atoms with van der Waals surface area (Å²) in [6, 6.07) is 6.99. The number of ether oxygens (including phenoxy) is 1. The standard InChI is InChI=1S/C11H10N2O2S/c12-8-3-4-10(13-6-8)11(14)15-7-9-2-1-5-16-9/h1-6H,7,12H2. The van der Waals surface area contributed by atoms with E-state index in [9.17, 15) is 4.79 Å². The minimum absolute atomic E-state index is 0.269. The molecule has 5 heteroatoms. The number of pyridine rings is 1. The van der Waals surface area contributed by atoms with Gasteiger partial charge < -0.3 is 10.5 Å². The first-order valence-corrected chi connectivity index (χ1v) is 5.55. The summed E-state index contributed by atoms with van der Waals surface area (Å²) in [7, 11) is 0. The van der Waals surface area contributed by atoms with E-state index >= 15 is 0 Å². The molecule has 2 aromatic heterocycles. The number of nitrogen functional groups attached to an aromatic ring is 1. The zero-order chi connectivity index (χ0) is 11.4. The van der Waals surface area contributed by atoms with E-state index in [1.165, 1.54) is 6.20 Å². The predicted molar refractivity (Wildman–Crippen MR) is 62.1 cm³/mol. The van der Waals surface area contributed by atoms with Gasteiger partial charge in [-0.3, -0.25) is 0 Å². The molecular weight excluding hydrogens is 224 g/mol. The summed E-state index contributed by atoms with van der Waals surface area (Å²) in [4.78, 5) is 16.4. The van der Waals surface area contributed by atoms with Gasteiger partial charge in [-0.2, -0.15) is 0 Å². The molecule has 0 radical (unpaired) electrons. The van der Waals surface area contributed by atoms with Gasteiger partial charge >= 0.3 is 5.97 Å². The predicted octanol–water partition coefficient (Wildman–Crippen LogP) is 2.08. The minimum Gasteiger partial charge on any atom is -0.455 e. The Bertz CT molecular complexity index is 465. The molecule has 0 spiro atoms. The van der Waals surface area contributed by atoms with Crippen molar-refractivity contribution in [2.24, 2.45) is 0 Å². The molecule has 82 valence electrons. The van der Waals surface area contributed by atoms with Crippen molar-refractivity contribution in [2.45, 2.75) is 6.61 Å². The molecule has 2 N–H and O–H groups in total. The Hall–Kier alpha value is -1.88. The Morgan fingerprint density at radius 1 is 1.44 bits per heavy atom. The first kappa shape index (κ1) is 10.6. The van der Waals surface area contributed by atoms with Crippen molar-refractivity contribution in [1.29, 1.82) is 0 Å². The highest BCUT2D eigenvalue weighted by molar-refractivity contribution is 7.09. The smallest absolute Gasteiger partial charge is 0.357 e. The lowest BCUT2D eigenvalue weighted by Gasteiger charge is -2.02. The van der Waals surface area contributed by atoms with E-state index in [4.69, 9.17) is 10.5 Å². The van der Waals surface area contributed by atoms with Crippen LogP contribution in [0.4, 0.5) is 5.69 Å². The zero-order valence-corrected chi connectivity index (χ0v) is 9.24. The van der Waals surface area contributed by atoms with Gasteiger partial charge in [0.05, 0.1) is 11.9 Å². The zero-order valence-electron chi connectivity index (χ0n) is 8.42. The van der Waals surface area contributed by atoms with Crippen LogP contribution in [-0.2, 0) is 11.3 Å². The maximum Gasteiger partial charge on any atom is 0.357 e. The van der Waals surface area contributed by atoms with E-state index in [1.807, 2.05) is 17.5 Å². The van der Waals surface area contributed by atoms with Crippen molar-refractivity contribution in [3.63, 3.8) is 0 Å². The van der Waals surface area contributed by atoms with Crippen LogP contribution in [0.2, 0.25) is 0 Å². The molecule has 16 heavy (non-hydrogen) atoms. The molecule has 0 bridgehead atoms. The Morgan fingerprint density at radius 2 is 2.31 bits per heavy atom. The molecule has 4 nitrogen and oxygen atoms in total. The molecule has 2 aromatic rings. The lowest BCUT2D eigenvalue weighted by Crippen LogP contribution is -2.06. The molecule has 0 aliphatic carbocycles. The number of hydrogen-bond acceptors (Lipinski definition) is 5. The molecule has 0 aliphatic heterocycles. The number of esters is 1. The minimum atomic E-state index is -0.437. The highest BCUT2D eigenvalue weighted by Gasteiger charge is 2.08. The molecule has 2 rings (SSSR count). The third kappa shape index (κ3) is 2.58. The monoisotopic (exact) mass is 234 g/mol. The van der Waals surface area contributed by atoms with Crippen molar-refractivity contribution in [1.82, 2.24) is 4.98 Å². The summed E-state index contributed by atoms with van der Waals surface area (Å²) in [5.41, 5.74) is 6.26. The van der Waals surface area contributed by atoms with Crippen molar-refractivity contribution in [3.05, 3.63) is 46.4 Å². The number of carbonyl (C=O) groups excluding carboxylic acids is 1. The summed E-state index contributed by atoms with van der Waals surface area (Å²) < 4.78 is 5.08. The second-order valence-electron chi connectivity index (χ2n) is 3.13. The van der Waals surface area contributed by atoms with E-state index < -0.39 is 5.97 Å². The topological polar surface area (TPSA) is 65.2 Å². The Balaban J connectivity index is 1.95. The summed E-state index contributed by atoms with van der Waals surface area (Å²) in [6.45, 7) is 0.280. The fraction of sp³-hybridized carbons (Fsp3) is 0.0909. The van der Waals surface area contributed by atoms with Crippen LogP contribution in [-0.4, -0.2) is 11.0 Å². The summed E-state index contributed by atoms with van der Waals surface area (Å²) in [6.07, 6.45) is 1.43. The largest absolute Gasteiger partial charge is 0.455 e. The lowest BCUT2D eigenvalue weighted by atomic mass is 10.3. The Labute approximate surface area is 96.7 Å². The molecule has 0 aliphatic rings. The van der Waals surface area contributed by atoms with E-state index in [0.717, 1.165) is 4.88 Å². The average molecular weight is 234 g/mol. The van der Waals surface area contributed by atoms with Crippen LogP contribution >= 0.6 is 11.3 Å². The third-order valence-electron chi connectivity index (χ3n) is 1.92. The van der Waals surface area contributed by atoms with E-state index in [0.29, 0.717) is 5.69 Å². The van der Waals surface area contributed by atoms with Gasteiger partial charge in [0, 0.05) is 4.88 Å². The number of aromatic nitrogens is 1. The lowest BCUT2D eigenvalue weighted by molar-refractivity contribution is 0.0470. The second kappa shape index (κ2) is 4.76. The van der Waals surface area contributed by atoms with Crippen LogP contribution < -0.4 is 5.73 Å². The van der Waals surface area contributed by atoms with Crippen LogP contribution in [0.3, 0.4) is 0 Å². The molecule has 0 aromatic carbocycles. The number of hydrogen-bond donors (Lipinski definition) is 1. The molecule has 0 amide bonds. The number of thiophene rings is 1. The molecule has 0 fully saturated rings. The van der Waals surface area contributed by atoms with Crippen LogP contribution in [0, 0.1) is 0 Å². The highest BCUT2D eigenvalue weighted by atomic mass is 32.1. The van der Waals surface area contributed by atoms with Crippen molar-refractivity contribution < 1.29 is 9.53 Å². The first-order valence-electron chi connectivity index (χ1n) is 4.67. The van der Waals surface area contributed by atoms with Crippen LogP contribution in [0.15, 0.2) is 35.8 Å². The molecule has 0 atom stereocenters. The van der Waals surface area contributed by atoms with Gasteiger partial charge in [-0.1, -0.05) is 6.07 Å². The second-order valence-corrected chi connectivity index (χ2v) is 4.16. The van der Waals surface area contributed by atoms with Crippen LogP contribution in [0.25, 0.3) is 0 Å². The molecule has 0 saturated carbocycles. The maximum absolute atomic E-state index is 11.5. The average Bonchev–Trinajstić information content (AvgIpc) is 2.80. The highest BCUT2D eigenvalue weighted by Crippen LogP contribution is 2.11. The third-order valence-corrected chi connectivity index (χ3v) is 2.77. The normalized spacial score (nSPS) is 10.0. The molecule has 0 unspecified atom stereocenters. The van der Waals surface area contributed by atoms with E-state index in [1.54, 1.807) is 23.5 Å². The van der Waals surface area contributed by atoms with Gasteiger partial charge in [-0.25, -0.2) is 9.78 Å². The number of nitrogens with zero attached hydrogens (tertiary/aromatic N) is 1. The fourth-order valence-corrected chi connectivity index (χ4v) is 1.75. The summed E-state index contributed by atoms with van der Waals surface area (Å²) in [5.74, 6) is -0.437. The maximum atomic E-state index is 11.5. The van der Waals surface area contributed by atoms with Crippen LogP contribution in [0.5, 0.6) is 0 Å². The van der Waals surface area contributed by atoms with Crippen molar-refractivity contribution in [2.75, 3.05) is 5.73 Å². The van der Waals surface area contributed by atoms with Gasteiger partial charge in [0.25, 0.3) is 0 Å². The Morgan fingerprint density at radius 3 is 2.94 bits per heavy atom. The quantitative estimate of drug-likeness (QED) is 0.826. The molecule has 0 saturated heterocycles. The molecule has 2 heterocycles. The fourth-order valence-electron chi connectivity index (χ4n) is 1.13. The van der Waals surface area contributed by atoms with E-state index in [2.05, 4.69) is 4.98 Å². The van der Waals surface area contributed by atoms with Crippen molar-refractivity contribution >= 4 is 23.0 Å². The SMILES string of the molecule is Nc1ccc(C(=O)OCc2cccs2)nc1. The van der Waals surface area contributed by atoms with Gasteiger partial charge in [-0.05, 0) is 23.6 Å². The Kier molecular flexibility index (Phi) is 3.16. The molecular formula is C11H10N2O2S. The summed E-state index contributed by atoms with van der Waals surface area (Å²) in [5, 5.41) is 1.94. The van der Waals surface area contributed by atoms with Gasteiger partial charge in [0.15, 0.2) is 0 Å². The van der Waals surface area contributed by atoms with E-state index in [-0.39, 0.29) is 12.3 Å². The van der Waals surface area contributed by atoms with Gasteiger partial charge in [0.1, 0.15) is 12.3 Å². The van der Waals surface area contributed by atoms with Crippen molar-refractivity contribution in [3.8, 4) is 0 Å². The number of carbonyl (C=O) groups is 1. The van der Waals surface area contributed by atoms with Gasteiger partial charge in [0.2, 0.25) is 0 Å². The number of anilines is 1. The van der Waals surface area contributed by atoms with Gasteiger partial charge in [-0.15, -0.1) is 11.3 Å².